The van der Waals surface area contributed by atoms with E-state index in [0.29, 0.717) is 11.5 Å². The van der Waals surface area contributed by atoms with Gasteiger partial charge in [-0.15, -0.1) is 10.2 Å². The molecule has 0 saturated heterocycles. The standard InChI is InChI=1S/C19H18N2O3/c1-12-9-13(2)11-16(10-12)19(22)23-14(3)17-20-21-18(24-17)15-7-5-4-6-8-15/h4-11,14H,1-3H3/t14-/m1/s1. The molecule has 5 heteroatoms. The van der Waals surface area contributed by atoms with E-state index in [1.165, 1.54) is 0 Å². The molecule has 0 saturated carbocycles. The van der Waals surface area contributed by atoms with Crippen molar-refractivity contribution in [3.05, 3.63) is 71.1 Å². The second kappa shape index (κ2) is 6.66. The number of carbonyl (C=O) groups excluding carboxylic acids is 1. The first-order valence-electron chi connectivity index (χ1n) is 7.71. The van der Waals surface area contributed by atoms with Gasteiger partial charge in [-0.05, 0) is 45.0 Å². The number of carbonyl (C=O) groups is 1. The summed E-state index contributed by atoms with van der Waals surface area (Å²) in [5, 5.41) is 7.99. The summed E-state index contributed by atoms with van der Waals surface area (Å²) in [4.78, 5) is 12.3. The Morgan fingerprint density at radius 3 is 2.38 bits per heavy atom. The third-order valence-electron chi connectivity index (χ3n) is 3.55. The number of aromatic nitrogens is 2. The van der Waals surface area contributed by atoms with Gasteiger partial charge in [0.25, 0.3) is 5.89 Å². The highest BCUT2D eigenvalue weighted by atomic mass is 16.6. The monoisotopic (exact) mass is 322 g/mol. The Labute approximate surface area is 140 Å². The van der Waals surface area contributed by atoms with Crippen molar-refractivity contribution in [3.8, 4) is 11.5 Å². The maximum atomic E-state index is 12.3. The molecule has 5 nitrogen and oxygen atoms in total. The minimum absolute atomic E-state index is 0.270. The molecule has 0 N–H and O–H groups in total. The zero-order chi connectivity index (χ0) is 17.1. The topological polar surface area (TPSA) is 65.2 Å². The molecule has 0 fully saturated rings. The summed E-state index contributed by atoms with van der Waals surface area (Å²) in [5.74, 6) is 0.264. The Hall–Kier alpha value is -2.95. The molecule has 1 aromatic heterocycles. The summed E-state index contributed by atoms with van der Waals surface area (Å²) in [7, 11) is 0. The average Bonchev–Trinajstić information content (AvgIpc) is 3.05. The van der Waals surface area contributed by atoms with Crippen molar-refractivity contribution in [1.82, 2.24) is 10.2 Å². The molecule has 3 rings (SSSR count). The molecule has 0 unspecified atom stereocenters. The maximum absolute atomic E-state index is 12.3. The SMILES string of the molecule is Cc1cc(C)cc(C(=O)O[C@H](C)c2nnc(-c3ccccc3)o2)c1. The molecule has 3 aromatic rings. The summed E-state index contributed by atoms with van der Waals surface area (Å²) < 4.78 is 11.1. The van der Waals surface area contributed by atoms with Crippen LogP contribution in [0.2, 0.25) is 0 Å². The molecular formula is C19H18N2O3. The van der Waals surface area contributed by atoms with Crippen LogP contribution in [-0.4, -0.2) is 16.2 Å². The number of hydrogen-bond donors (Lipinski definition) is 0. The summed E-state index contributed by atoms with van der Waals surface area (Å²) in [6.45, 7) is 5.59. The van der Waals surface area contributed by atoms with E-state index < -0.39 is 12.1 Å². The van der Waals surface area contributed by atoms with Crippen LogP contribution in [0.3, 0.4) is 0 Å². The van der Waals surface area contributed by atoms with Crippen molar-refractivity contribution < 1.29 is 13.9 Å². The number of benzene rings is 2. The van der Waals surface area contributed by atoms with E-state index in [0.717, 1.165) is 16.7 Å². The molecule has 2 aromatic carbocycles. The van der Waals surface area contributed by atoms with Crippen molar-refractivity contribution in [2.75, 3.05) is 0 Å². The van der Waals surface area contributed by atoms with Gasteiger partial charge in [0.2, 0.25) is 5.89 Å². The number of nitrogens with zero attached hydrogens (tertiary/aromatic N) is 2. The molecule has 0 aliphatic rings. The van der Waals surface area contributed by atoms with Gasteiger partial charge in [-0.1, -0.05) is 35.4 Å². The molecule has 0 aliphatic carbocycles. The second-order valence-electron chi connectivity index (χ2n) is 5.74. The van der Waals surface area contributed by atoms with E-state index >= 15 is 0 Å². The lowest BCUT2D eigenvalue weighted by Gasteiger charge is -2.10. The normalized spacial score (nSPS) is 12.0. The second-order valence-corrected chi connectivity index (χ2v) is 5.74. The lowest BCUT2D eigenvalue weighted by molar-refractivity contribution is 0.0279. The fourth-order valence-electron chi connectivity index (χ4n) is 2.47. The summed E-state index contributed by atoms with van der Waals surface area (Å²) >= 11 is 0. The van der Waals surface area contributed by atoms with Gasteiger partial charge in [-0.25, -0.2) is 4.79 Å². The van der Waals surface area contributed by atoms with Crippen LogP contribution in [0.1, 0.15) is 40.4 Å². The van der Waals surface area contributed by atoms with Gasteiger partial charge in [0.1, 0.15) is 0 Å². The van der Waals surface area contributed by atoms with E-state index in [4.69, 9.17) is 9.15 Å². The molecule has 1 heterocycles. The van der Waals surface area contributed by atoms with Crippen LogP contribution in [0.4, 0.5) is 0 Å². The van der Waals surface area contributed by atoms with Gasteiger partial charge >= 0.3 is 5.97 Å². The van der Waals surface area contributed by atoms with E-state index in [2.05, 4.69) is 10.2 Å². The predicted octanol–water partition coefficient (Wildman–Crippen LogP) is 4.27. The van der Waals surface area contributed by atoms with E-state index in [1.807, 2.05) is 50.2 Å². The molecule has 0 bridgehead atoms. The number of esters is 1. The average molecular weight is 322 g/mol. The van der Waals surface area contributed by atoms with Crippen LogP contribution >= 0.6 is 0 Å². The number of hydrogen-bond acceptors (Lipinski definition) is 5. The molecule has 0 radical (unpaired) electrons. The lowest BCUT2D eigenvalue weighted by Crippen LogP contribution is -2.10. The molecule has 0 amide bonds. The highest BCUT2D eigenvalue weighted by Crippen LogP contribution is 2.23. The fraction of sp³-hybridized carbons (Fsp3) is 0.211. The Balaban J connectivity index is 1.74. The van der Waals surface area contributed by atoms with Crippen molar-refractivity contribution in [1.29, 1.82) is 0 Å². The zero-order valence-electron chi connectivity index (χ0n) is 13.8. The first kappa shape index (κ1) is 15.9. The lowest BCUT2D eigenvalue weighted by atomic mass is 10.1. The molecular weight excluding hydrogens is 304 g/mol. The van der Waals surface area contributed by atoms with E-state index in [9.17, 15) is 4.79 Å². The minimum Gasteiger partial charge on any atom is -0.449 e. The Morgan fingerprint density at radius 2 is 1.71 bits per heavy atom. The Kier molecular flexibility index (Phi) is 4.42. The van der Waals surface area contributed by atoms with E-state index in [1.54, 1.807) is 19.1 Å². The number of aryl methyl sites for hydroxylation is 2. The van der Waals surface area contributed by atoms with Gasteiger partial charge in [-0.2, -0.15) is 0 Å². The summed E-state index contributed by atoms with van der Waals surface area (Å²) in [5.41, 5.74) is 3.36. The highest BCUT2D eigenvalue weighted by Gasteiger charge is 2.20. The van der Waals surface area contributed by atoms with Crippen molar-refractivity contribution in [2.24, 2.45) is 0 Å². The smallest absolute Gasteiger partial charge is 0.338 e. The van der Waals surface area contributed by atoms with Gasteiger partial charge in [-0.3, -0.25) is 0 Å². The molecule has 24 heavy (non-hydrogen) atoms. The Bertz CT molecular complexity index is 836. The minimum atomic E-state index is -0.622. The van der Waals surface area contributed by atoms with Crippen molar-refractivity contribution >= 4 is 5.97 Å². The van der Waals surface area contributed by atoms with Gasteiger partial charge in [0, 0.05) is 5.56 Å². The van der Waals surface area contributed by atoms with Crippen LogP contribution in [-0.2, 0) is 4.74 Å². The summed E-state index contributed by atoms with van der Waals surface area (Å²) in [6, 6.07) is 15.0. The molecule has 0 spiro atoms. The third kappa shape index (κ3) is 3.51. The first-order valence-corrected chi connectivity index (χ1v) is 7.71. The summed E-state index contributed by atoms with van der Waals surface area (Å²) in [6.07, 6.45) is -0.622. The molecule has 0 aliphatic heterocycles. The maximum Gasteiger partial charge on any atom is 0.338 e. The van der Waals surface area contributed by atoms with Gasteiger partial charge in [0.05, 0.1) is 5.56 Å². The van der Waals surface area contributed by atoms with Crippen molar-refractivity contribution in [3.63, 3.8) is 0 Å². The van der Waals surface area contributed by atoms with Crippen LogP contribution in [0.5, 0.6) is 0 Å². The van der Waals surface area contributed by atoms with Crippen LogP contribution in [0, 0.1) is 13.8 Å². The number of ether oxygens (including phenoxy) is 1. The van der Waals surface area contributed by atoms with Crippen LogP contribution < -0.4 is 0 Å². The quantitative estimate of drug-likeness (QED) is 0.671. The molecule has 1 atom stereocenters. The number of rotatable bonds is 4. The van der Waals surface area contributed by atoms with Gasteiger partial charge < -0.3 is 9.15 Å². The van der Waals surface area contributed by atoms with Crippen LogP contribution in [0.15, 0.2) is 52.9 Å². The fourth-order valence-corrected chi connectivity index (χ4v) is 2.47. The largest absolute Gasteiger partial charge is 0.449 e. The van der Waals surface area contributed by atoms with Gasteiger partial charge in [0.15, 0.2) is 6.10 Å². The van der Waals surface area contributed by atoms with E-state index in [-0.39, 0.29) is 5.89 Å². The zero-order valence-corrected chi connectivity index (χ0v) is 13.8. The predicted molar refractivity (Wildman–Crippen MR) is 89.5 cm³/mol. The highest BCUT2D eigenvalue weighted by molar-refractivity contribution is 5.90. The van der Waals surface area contributed by atoms with Crippen LogP contribution in [0.25, 0.3) is 11.5 Å². The Morgan fingerprint density at radius 1 is 1.04 bits per heavy atom. The van der Waals surface area contributed by atoms with Crippen molar-refractivity contribution in [2.45, 2.75) is 26.9 Å². The first-order chi connectivity index (χ1) is 11.5. The molecule has 122 valence electrons. The third-order valence-corrected chi connectivity index (χ3v) is 3.55.